The Kier molecular flexibility index (Phi) is 4.56. The predicted molar refractivity (Wildman–Crippen MR) is 106 cm³/mol. The van der Waals surface area contributed by atoms with Crippen molar-refractivity contribution in [1.29, 1.82) is 0 Å². The number of hydrogen-bond donors (Lipinski definition) is 1. The second kappa shape index (κ2) is 7.00. The maximum atomic E-state index is 12.8. The summed E-state index contributed by atoms with van der Waals surface area (Å²) in [5.41, 5.74) is 3.56. The number of hydrogen-bond acceptors (Lipinski definition) is 2. The van der Waals surface area contributed by atoms with Gasteiger partial charge in [0.1, 0.15) is 5.75 Å². The van der Waals surface area contributed by atoms with Gasteiger partial charge < -0.3 is 10.1 Å². The van der Waals surface area contributed by atoms with Gasteiger partial charge in [0, 0.05) is 16.1 Å². The molecule has 0 radical (unpaired) electrons. The molecule has 0 bridgehead atoms. The highest BCUT2D eigenvalue weighted by atomic mass is 35.5. The summed E-state index contributed by atoms with van der Waals surface area (Å²) in [5.74, 6) is 0.498. The van der Waals surface area contributed by atoms with E-state index >= 15 is 0 Å². The standard InChI is InChI=1S/C22H20ClNO2/c1-2-20(26-17-11-9-16(23)10-12-17)22(25)24-19-13-8-15-7-6-14-4-3-5-18(19)21(14)15/h3-5,8-13,20H,2,6-7H2,1H3,(H,24,25)/t20-/m0/s1. The molecule has 3 aromatic rings. The summed E-state index contributed by atoms with van der Waals surface area (Å²) in [6, 6.07) is 17.5. The van der Waals surface area contributed by atoms with E-state index in [9.17, 15) is 4.79 Å². The molecule has 0 heterocycles. The maximum Gasteiger partial charge on any atom is 0.265 e. The fourth-order valence-electron chi connectivity index (χ4n) is 3.57. The van der Waals surface area contributed by atoms with E-state index < -0.39 is 6.10 Å². The molecule has 1 aliphatic carbocycles. The van der Waals surface area contributed by atoms with Crippen LogP contribution < -0.4 is 10.1 Å². The number of ether oxygens (including phenoxy) is 1. The molecular weight excluding hydrogens is 346 g/mol. The lowest BCUT2D eigenvalue weighted by Gasteiger charge is -2.18. The van der Waals surface area contributed by atoms with E-state index in [2.05, 4.69) is 29.6 Å². The van der Waals surface area contributed by atoms with Gasteiger partial charge in [-0.25, -0.2) is 0 Å². The van der Waals surface area contributed by atoms with Gasteiger partial charge in [-0.05, 0) is 66.1 Å². The molecule has 0 saturated heterocycles. The first-order chi connectivity index (χ1) is 12.7. The van der Waals surface area contributed by atoms with Crippen LogP contribution in [0.15, 0.2) is 54.6 Å². The van der Waals surface area contributed by atoms with Gasteiger partial charge in [0.05, 0.1) is 0 Å². The third-order valence-electron chi connectivity index (χ3n) is 4.89. The van der Waals surface area contributed by atoms with Gasteiger partial charge in [0.15, 0.2) is 6.10 Å². The molecule has 0 aromatic heterocycles. The highest BCUT2D eigenvalue weighted by Gasteiger charge is 2.21. The summed E-state index contributed by atoms with van der Waals surface area (Å²) >= 11 is 5.90. The normalized spacial score (nSPS) is 13.6. The Bertz CT molecular complexity index is 956. The monoisotopic (exact) mass is 365 g/mol. The van der Waals surface area contributed by atoms with Crippen molar-refractivity contribution in [1.82, 2.24) is 0 Å². The summed E-state index contributed by atoms with van der Waals surface area (Å²) < 4.78 is 5.85. The lowest BCUT2D eigenvalue weighted by molar-refractivity contribution is -0.122. The highest BCUT2D eigenvalue weighted by Crippen LogP contribution is 2.35. The minimum absolute atomic E-state index is 0.138. The van der Waals surface area contributed by atoms with E-state index in [-0.39, 0.29) is 5.91 Å². The zero-order chi connectivity index (χ0) is 18.1. The molecule has 0 fully saturated rings. The molecular formula is C22H20ClNO2. The third-order valence-corrected chi connectivity index (χ3v) is 5.14. The van der Waals surface area contributed by atoms with E-state index in [0.717, 1.165) is 23.9 Å². The molecule has 0 aliphatic heterocycles. The molecule has 4 rings (SSSR count). The quantitative estimate of drug-likeness (QED) is 0.658. The largest absolute Gasteiger partial charge is 0.481 e. The molecule has 3 nitrogen and oxygen atoms in total. The second-order valence-electron chi connectivity index (χ2n) is 6.57. The van der Waals surface area contributed by atoms with Gasteiger partial charge in [-0.3, -0.25) is 4.79 Å². The summed E-state index contributed by atoms with van der Waals surface area (Å²) in [7, 11) is 0. The molecule has 0 saturated carbocycles. The van der Waals surface area contributed by atoms with E-state index in [1.54, 1.807) is 24.3 Å². The Balaban J connectivity index is 1.57. The molecule has 1 N–H and O–H groups in total. The zero-order valence-electron chi connectivity index (χ0n) is 14.6. The Morgan fingerprint density at radius 2 is 1.81 bits per heavy atom. The first-order valence-electron chi connectivity index (χ1n) is 8.92. The van der Waals surface area contributed by atoms with Gasteiger partial charge in [0.2, 0.25) is 0 Å². The number of carbonyl (C=O) groups excluding carboxylic acids is 1. The lowest BCUT2D eigenvalue weighted by Crippen LogP contribution is -2.32. The SMILES string of the molecule is CC[C@H](Oc1ccc(Cl)cc1)C(=O)Nc1ccc2c3c(cccc13)CC2. The first-order valence-corrected chi connectivity index (χ1v) is 9.30. The zero-order valence-corrected chi connectivity index (χ0v) is 15.3. The minimum atomic E-state index is -0.556. The van der Waals surface area contributed by atoms with E-state index in [1.807, 2.05) is 13.0 Å². The van der Waals surface area contributed by atoms with Crippen molar-refractivity contribution in [2.24, 2.45) is 0 Å². The van der Waals surface area contributed by atoms with Crippen molar-refractivity contribution in [2.45, 2.75) is 32.3 Å². The maximum absolute atomic E-state index is 12.8. The minimum Gasteiger partial charge on any atom is -0.481 e. The van der Waals surface area contributed by atoms with Crippen LogP contribution >= 0.6 is 11.6 Å². The summed E-state index contributed by atoms with van der Waals surface area (Å²) in [6.07, 6.45) is 2.16. The van der Waals surface area contributed by atoms with Gasteiger partial charge in [-0.1, -0.05) is 42.8 Å². The van der Waals surface area contributed by atoms with Crippen LogP contribution in [0.4, 0.5) is 5.69 Å². The van der Waals surface area contributed by atoms with Crippen LogP contribution in [0, 0.1) is 0 Å². The van der Waals surface area contributed by atoms with Crippen molar-refractivity contribution in [3.8, 4) is 5.75 Å². The van der Waals surface area contributed by atoms with Gasteiger partial charge in [-0.15, -0.1) is 0 Å². The summed E-state index contributed by atoms with van der Waals surface area (Å²) in [6.45, 7) is 1.94. The smallest absolute Gasteiger partial charge is 0.265 e. The average molecular weight is 366 g/mol. The lowest BCUT2D eigenvalue weighted by atomic mass is 10.0. The average Bonchev–Trinajstić information content (AvgIpc) is 3.08. The predicted octanol–water partition coefficient (Wildman–Crippen LogP) is 5.39. The van der Waals surface area contributed by atoms with Gasteiger partial charge in [-0.2, -0.15) is 0 Å². The molecule has 1 aliphatic rings. The Morgan fingerprint density at radius 1 is 1.08 bits per heavy atom. The number of anilines is 1. The molecule has 1 amide bonds. The number of benzene rings is 3. The topological polar surface area (TPSA) is 38.3 Å². The van der Waals surface area contributed by atoms with Crippen LogP contribution in [-0.2, 0) is 17.6 Å². The first kappa shape index (κ1) is 16.9. The van der Waals surface area contributed by atoms with Gasteiger partial charge >= 0.3 is 0 Å². The fraction of sp³-hybridized carbons (Fsp3) is 0.227. The fourth-order valence-corrected chi connectivity index (χ4v) is 3.69. The van der Waals surface area contributed by atoms with E-state index in [4.69, 9.17) is 16.3 Å². The van der Waals surface area contributed by atoms with E-state index in [1.165, 1.54) is 16.5 Å². The molecule has 0 spiro atoms. The van der Waals surface area contributed by atoms with Crippen molar-refractivity contribution in [3.05, 3.63) is 70.7 Å². The number of rotatable bonds is 5. The molecule has 1 atom stereocenters. The van der Waals surface area contributed by atoms with Crippen LogP contribution in [0.25, 0.3) is 10.8 Å². The van der Waals surface area contributed by atoms with Crippen LogP contribution in [0.1, 0.15) is 24.5 Å². The molecule has 3 aromatic carbocycles. The van der Waals surface area contributed by atoms with Crippen molar-refractivity contribution in [3.63, 3.8) is 0 Å². The number of aryl methyl sites for hydroxylation is 2. The molecule has 0 unspecified atom stereocenters. The Labute approximate surface area is 157 Å². The van der Waals surface area contributed by atoms with Gasteiger partial charge in [0.25, 0.3) is 5.91 Å². The Morgan fingerprint density at radius 3 is 2.54 bits per heavy atom. The van der Waals surface area contributed by atoms with Crippen LogP contribution in [0.2, 0.25) is 5.02 Å². The highest BCUT2D eigenvalue weighted by molar-refractivity contribution is 6.30. The Hall–Kier alpha value is -2.52. The number of nitrogens with one attached hydrogen (secondary N) is 1. The van der Waals surface area contributed by atoms with E-state index in [0.29, 0.717) is 17.2 Å². The third kappa shape index (κ3) is 3.15. The molecule has 4 heteroatoms. The second-order valence-corrected chi connectivity index (χ2v) is 7.01. The van der Waals surface area contributed by atoms with Crippen LogP contribution in [-0.4, -0.2) is 12.0 Å². The number of amides is 1. The number of carbonyl (C=O) groups is 1. The number of halogens is 1. The molecule has 26 heavy (non-hydrogen) atoms. The van der Waals surface area contributed by atoms with Crippen LogP contribution in [0.5, 0.6) is 5.75 Å². The van der Waals surface area contributed by atoms with Crippen molar-refractivity contribution in [2.75, 3.05) is 5.32 Å². The van der Waals surface area contributed by atoms with Crippen molar-refractivity contribution < 1.29 is 9.53 Å². The summed E-state index contributed by atoms with van der Waals surface area (Å²) in [5, 5.41) is 6.09. The van der Waals surface area contributed by atoms with Crippen molar-refractivity contribution >= 4 is 34.0 Å². The summed E-state index contributed by atoms with van der Waals surface area (Å²) in [4.78, 5) is 12.8. The van der Waals surface area contributed by atoms with Crippen LogP contribution in [0.3, 0.4) is 0 Å². The molecule has 132 valence electrons.